The van der Waals surface area contributed by atoms with Crippen LogP contribution in [0.4, 0.5) is 14.5 Å². The number of nitrogens with zero attached hydrogens (tertiary/aromatic N) is 2. The van der Waals surface area contributed by atoms with Crippen molar-refractivity contribution in [3.05, 3.63) is 29.8 Å². The number of carbonyl (C=O) groups excluding carboxylic acids is 1. The summed E-state index contributed by atoms with van der Waals surface area (Å²) in [6.07, 6.45) is 0. The summed E-state index contributed by atoms with van der Waals surface area (Å²) in [5, 5.41) is 0. The third kappa shape index (κ3) is 2.92. The maximum Gasteiger partial charge on any atom is 0.228 e. The molecule has 3 nitrogen and oxygen atoms in total. The number of para-hydroxylation sites is 1. The first-order valence-electron chi connectivity index (χ1n) is 6.79. The second kappa shape index (κ2) is 5.38. The third-order valence-corrected chi connectivity index (χ3v) is 3.46. The molecular weight excluding hydrogens is 262 g/mol. The van der Waals surface area contributed by atoms with Crippen LogP contribution in [-0.2, 0) is 4.79 Å². The summed E-state index contributed by atoms with van der Waals surface area (Å²) in [6, 6.07) is 3.86. The first kappa shape index (κ1) is 14.8. The van der Waals surface area contributed by atoms with Gasteiger partial charge in [-0.2, -0.15) is 0 Å². The largest absolute Gasteiger partial charge is 0.363 e. The lowest BCUT2D eigenvalue weighted by atomic mass is 9.94. The lowest BCUT2D eigenvalue weighted by molar-refractivity contribution is -0.139. The molecule has 1 heterocycles. The third-order valence-electron chi connectivity index (χ3n) is 3.46. The van der Waals surface area contributed by atoms with E-state index in [1.54, 1.807) is 9.80 Å². The highest BCUT2D eigenvalue weighted by Gasteiger charge is 2.30. The quantitative estimate of drug-likeness (QED) is 0.790. The van der Waals surface area contributed by atoms with Crippen LogP contribution in [0.3, 0.4) is 0 Å². The van der Waals surface area contributed by atoms with Crippen LogP contribution in [0.5, 0.6) is 0 Å². The fourth-order valence-electron chi connectivity index (χ4n) is 2.40. The van der Waals surface area contributed by atoms with Crippen LogP contribution < -0.4 is 4.90 Å². The van der Waals surface area contributed by atoms with Gasteiger partial charge in [0.15, 0.2) is 0 Å². The molecule has 0 atom stereocenters. The minimum absolute atomic E-state index is 0.00959. The van der Waals surface area contributed by atoms with Crippen molar-refractivity contribution in [3.8, 4) is 0 Å². The first-order valence-corrected chi connectivity index (χ1v) is 6.79. The van der Waals surface area contributed by atoms with Crippen molar-refractivity contribution in [1.82, 2.24) is 4.90 Å². The molecule has 1 aliphatic rings. The first-order chi connectivity index (χ1) is 9.30. The van der Waals surface area contributed by atoms with E-state index in [2.05, 4.69) is 0 Å². The molecular formula is C15H20F2N2O. The number of rotatable bonds is 1. The second-order valence-electron chi connectivity index (χ2n) is 6.10. The summed E-state index contributed by atoms with van der Waals surface area (Å²) in [6.45, 7) is 7.49. The highest BCUT2D eigenvalue weighted by atomic mass is 19.1. The molecule has 0 unspecified atom stereocenters. The van der Waals surface area contributed by atoms with Crippen molar-refractivity contribution < 1.29 is 13.6 Å². The minimum atomic E-state index is -0.555. The minimum Gasteiger partial charge on any atom is -0.363 e. The van der Waals surface area contributed by atoms with Gasteiger partial charge in [0.1, 0.15) is 17.3 Å². The molecule has 2 rings (SSSR count). The van der Waals surface area contributed by atoms with Crippen LogP contribution in [0.2, 0.25) is 0 Å². The summed E-state index contributed by atoms with van der Waals surface area (Å²) in [5.41, 5.74) is -0.416. The Morgan fingerprint density at radius 2 is 1.55 bits per heavy atom. The van der Waals surface area contributed by atoms with Crippen molar-refractivity contribution in [2.45, 2.75) is 20.8 Å². The van der Waals surface area contributed by atoms with Crippen molar-refractivity contribution in [1.29, 1.82) is 0 Å². The van der Waals surface area contributed by atoms with Gasteiger partial charge in [-0.25, -0.2) is 8.78 Å². The molecule has 0 radical (unpaired) electrons. The van der Waals surface area contributed by atoms with Crippen LogP contribution in [0.15, 0.2) is 18.2 Å². The Labute approximate surface area is 118 Å². The molecule has 5 heteroatoms. The van der Waals surface area contributed by atoms with Crippen molar-refractivity contribution in [2.24, 2.45) is 5.41 Å². The number of carbonyl (C=O) groups is 1. The van der Waals surface area contributed by atoms with Gasteiger partial charge in [0.2, 0.25) is 5.91 Å². The predicted molar refractivity (Wildman–Crippen MR) is 74.6 cm³/mol. The molecule has 0 saturated carbocycles. The molecule has 1 fully saturated rings. The zero-order valence-corrected chi connectivity index (χ0v) is 12.1. The average molecular weight is 282 g/mol. The summed E-state index contributed by atoms with van der Waals surface area (Å²) in [5.74, 6) is -1.03. The van der Waals surface area contributed by atoms with Crippen molar-refractivity contribution >= 4 is 11.6 Å². The maximum absolute atomic E-state index is 13.7. The lowest BCUT2D eigenvalue weighted by Crippen LogP contribution is -2.52. The van der Waals surface area contributed by atoms with Crippen LogP contribution in [0.1, 0.15) is 20.8 Å². The summed E-state index contributed by atoms with van der Waals surface area (Å²) >= 11 is 0. The Balaban J connectivity index is 2.07. The molecule has 1 aromatic carbocycles. The molecule has 0 N–H and O–H groups in total. The highest BCUT2D eigenvalue weighted by molar-refractivity contribution is 5.81. The van der Waals surface area contributed by atoms with Gasteiger partial charge >= 0.3 is 0 Å². The van der Waals surface area contributed by atoms with Gasteiger partial charge in [0.25, 0.3) is 0 Å². The van der Waals surface area contributed by atoms with E-state index in [1.807, 2.05) is 20.8 Å². The number of piperazine rings is 1. The Kier molecular flexibility index (Phi) is 3.97. The highest BCUT2D eigenvalue weighted by Crippen LogP contribution is 2.25. The van der Waals surface area contributed by atoms with Gasteiger partial charge < -0.3 is 9.80 Å². The van der Waals surface area contributed by atoms with Gasteiger partial charge in [0, 0.05) is 31.6 Å². The van der Waals surface area contributed by atoms with Gasteiger partial charge in [-0.15, -0.1) is 0 Å². The normalized spacial score (nSPS) is 16.4. The Morgan fingerprint density at radius 1 is 1.05 bits per heavy atom. The van der Waals surface area contributed by atoms with Gasteiger partial charge in [-0.1, -0.05) is 26.8 Å². The molecule has 1 aliphatic heterocycles. The van der Waals surface area contributed by atoms with Gasteiger partial charge in [0.05, 0.1) is 0 Å². The number of hydrogen-bond acceptors (Lipinski definition) is 2. The molecule has 1 amide bonds. The topological polar surface area (TPSA) is 23.6 Å². The van der Waals surface area contributed by atoms with E-state index in [0.29, 0.717) is 26.2 Å². The van der Waals surface area contributed by atoms with E-state index in [9.17, 15) is 13.6 Å². The number of benzene rings is 1. The number of hydrogen-bond donors (Lipinski definition) is 0. The predicted octanol–water partition coefficient (Wildman–Crippen LogP) is 2.66. The van der Waals surface area contributed by atoms with E-state index in [4.69, 9.17) is 0 Å². The summed E-state index contributed by atoms with van der Waals surface area (Å²) < 4.78 is 27.4. The van der Waals surface area contributed by atoms with E-state index in [1.165, 1.54) is 18.2 Å². The molecule has 20 heavy (non-hydrogen) atoms. The molecule has 110 valence electrons. The van der Waals surface area contributed by atoms with Gasteiger partial charge in [-0.3, -0.25) is 4.79 Å². The van der Waals surface area contributed by atoms with Gasteiger partial charge in [-0.05, 0) is 12.1 Å². The molecule has 1 aromatic rings. The summed E-state index contributed by atoms with van der Waals surface area (Å²) in [7, 11) is 0. The van der Waals surface area contributed by atoms with Crippen molar-refractivity contribution in [3.63, 3.8) is 0 Å². The molecule has 0 bridgehead atoms. The smallest absolute Gasteiger partial charge is 0.228 e. The summed E-state index contributed by atoms with van der Waals surface area (Å²) in [4.78, 5) is 15.6. The average Bonchev–Trinajstić information content (AvgIpc) is 2.37. The standard InChI is InChI=1S/C15H20F2N2O/c1-15(2,3)14(20)19-9-7-18(8-10-19)13-11(16)5-4-6-12(13)17/h4-6H,7-10H2,1-3H3. The van der Waals surface area contributed by atoms with Crippen LogP contribution in [0.25, 0.3) is 0 Å². The Hall–Kier alpha value is -1.65. The lowest BCUT2D eigenvalue weighted by Gasteiger charge is -2.38. The molecule has 0 aliphatic carbocycles. The van der Waals surface area contributed by atoms with Crippen LogP contribution in [-0.4, -0.2) is 37.0 Å². The fraction of sp³-hybridized carbons (Fsp3) is 0.533. The SMILES string of the molecule is CC(C)(C)C(=O)N1CCN(c2c(F)cccc2F)CC1. The number of anilines is 1. The molecule has 0 spiro atoms. The zero-order chi connectivity index (χ0) is 14.9. The van der Waals surface area contributed by atoms with Crippen LogP contribution in [0, 0.1) is 17.0 Å². The number of halogens is 2. The molecule has 1 saturated heterocycles. The fourth-order valence-corrected chi connectivity index (χ4v) is 2.40. The monoisotopic (exact) mass is 282 g/mol. The Morgan fingerprint density at radius 3 is 2.00 bits per heavy atom. The van der Waals surface area contributed by atoms with Crippen molar-refractivity contribution in [2.75, 3.05) is 31.1 Å². The van der Waals surface area contributed by atoms with E-state index in [0.717, 1.165) is 0 Å². The van der Waals surface area contributed by atoms with E-state index in [-0.39, 0.29) is 11.6 Å². The second-order valence-corrected chi connectivity index (χ2v) is 6.10. The van der Waals surface area contributed by atoms with Crippen LogP contribution >= 0.6 is 0 Å². The zero-order valence-electron chi connectivity index (χ0n) is 12.1. The number of amides is 1. The molecule has 0 aromatic heterocycles. The van der Waals surface area contributed by atoms with E-state index >= 15 is 0 Å². The maximum atomic E-state index is 13.7. The van der Waals surface area contributed by atoms with E-state index < -0.39 is 17.0 Å². The Bertz CT molecular complexity index is 483.